The molecule has 0 spiro atoms. The lowest BCUT2D eigenvalue weighted by Gasteiger charge is -2.13. The highest BCUT2D eigenvalue weighted by Gasteiger charge is 2.32. The normalized spacial score (nSPS) is 15.4. The largest absolute Gasteiger partial charge is 0.300 e. The SMILES string of the molecule is CCCCc1nnc(NC(=O)CCN2C(=O)C(=Cc3ccc(Cl)cc3)SC2=S)s1. The van der Waals surface area contributed by atoms with Gasteiger partial charge in [-0.1, -0.05) is 72.4 Å². The van der Waals surface area contributed by atoms with E-state index in [9.17, 15) is 9.59 Å². The summed E-state index contributed by atoms with van der Waals surface area (Å²) in [6.45, 7) is 2.33. The van der Waals surface area contributed by atoms with Gasteiger partial charge in [-0.15, -0.1) is 10.2 Å². The summed E-state index contributed by atoms with van der Waals surface area (Å²) in [4.78, 5) is 26.8. The second-order valence-corrected chi connectivity index (χ2v) is 9.46. The van der Waals surface area contributed by atoms with Crippen LogP contribution in [0, 0.1) is 0 Å². The smallest absolute Gasteiger partial charge is 0.266 e. The molecule has 1 N–H and O–H groups in total. The van der Waals surface area contributed by atoms with Crippen molar-refractivity contribution in [1.82, 2.24) is 15.1 Å². The zero-order chi connectivity index (χ0) is 20.8. The Bertz CT molecular complexity index is 943. The number of nitrogens with one attached hydrogen (secondary N) is 1. The molecule has 2 amide bonds. The molecule has 1 aromatic heterocycles. The minimum atomic E-state index is -0.223. The third kappa shape index (κ3) is 6.08. The Morgan fingerprint density at radius 2 is 2.07 bits per heavy atom. The highest BCUT2D eigenvalue weighted by molar-refractivity contribution is 8.26. The minimum absolute atomic E-state index is 0.130. The van der Waals surface area contributed by atoms with E-state index in [0.29, 0.717) is 19.4 Å². The molecule has 6 nitrogen and oxygen atoms in total. The highest BCUT2D eigenvalue weighted by Crippen LogP contribution is 2.32. The summed E-state index contributed by atoms with van der Waals surface area (Å²) in [5, 5.41) is 12.8. The first-order valence-corrected chi connectivity index (χ1v) is 11.5. The molecule has 29 heavy (non-hydrogen) atoms. The predicted octanol–water partition coefficient (Wildman–Crippen LogP) is 4.76. The number of halogens is 1. The molecule has 152 valence electrons. The van der Waals surface area contributed by atoms with Gasteiger partial charge in [0.1, 0.15) is 9.33 Å². The second kappa shape index (κ2) is 10.3. The molecule has 10 heteroatoms. The first-order valence-electron chi connectivity index (χ1n) is 9.09. The van der Waals surface area contributed by atoms with E-state index in [1.165, 1.54) is 28.0 Å². The fraction of sp³-hybridized carbons (Fsp3) is 0.316. The quantitative estimate of drug-likeness (QED) is 0.446. The van der Waals surface area contributed by atoms with Gasteiger partial charge in [0.15, 0.2) is 0 Å². The van der Waals surface area contributed by atoms with E-state index in [1.54, 1.807) is 18.2 Å². The van der Waals surface area contributed by atoms with Gasteiger partial charge in [-0.3, -0.25) is 14.5 Å². The summed E-state index contributed by atoms with van der Waals surface area (Å²) in [5.41, 5.74) is 0.864. The first kappa shape index (κ1) is 21.9. The van der Waals surface area contributed by atoms with Crippen LogP contribution < -0.4 is 5.32 Å². The number of amides is 2. The van der Waals surface area contributed by atoms with E-state index in [0.717, 1.165) is 29.8 Å². The zero-order valence-corrected chi connectivity index (χ0v) is 18.9. The molecule has 0 atom stereocenters. The van der Waals surface area contributed by atoms with Crippen LogP contribution in [0.3, 0.4) is 0 Å². The van der Waals surface area contributed by atoms with Crippen LogP contribution in [0.2, 0.25) is 5.02 Å². The molecule has 1 fully saturated rings. The van der Waals surface area contributed by atoms with Gasteiger partial charge in [-0.05, 0) is 30.2 Å². The molecule has 1 aromatic carbocycles. The Morgan fingerprint density at radius 1 is 1.31 bits per heavy atom. The molecule has 0 saturated carbocycles. The third-order valence-corrected chi connectivity index (χ3v) is 6.59. The van der Waals surface area contributed by atoms with E-state index in [2.05, 4.69) is 22.4 Å². The molecule has 3 rings (SSSR count). The van der Waals surface area contributed by atoms with Crippen molar-refractivity contribution in [2.24, 2.45) is 0 Å². The number of hydrogen-bond acceptors (Lipinski definition) is 7. The average Bonchev–Trinajstić information content (AvgIpc) is 3.24. The molecule has 1 aliphatic heterocycles. The van der Waals surface area contributed by atoms with Crippen molar-refractivity contribution in [3.63, 3.8) is 0 Å². The number of nitrogens with zero attached hydrogens (tertiary/aromatic N) is 3. The zero-order valence-electron chi connectivity index (χ0n) is 15.7. The van der Waals surface area contributed by atoms with Gasteiger partial charge >= 0.3 is 0 Å². The number of benzene rings is 1. The second-order valence-electron chi connectivity index (χ2n) is 6.29. The maximum absolute atomic E-state index is 12.6. The lowest BCUT2D eigenvalue weighted by molar-refractivity contribution is -0.122. The lowest BCUT2D eigenvalue weighted by Crippen LogP contribution is -2.31. The molecule has 1 saturated heterocycles. The number of hydrogen-bond donors (Lipinski definition) is 1. The van der Waals surface area contributed by atoms with Crippen LogP contribution in [0.5, 0.6) is 0 Å². The topological polar surface area (TPSA) is 75.2 Å². The Balaban J connectivity index is 1.54. The van der Waals surface area contributed by atoms with Gasteiger partial charge in [-0.2, -0.15) is 0 Å². The van der Waals surface area contributed by atoms with Crippen molar-refractivity contribution >= 4 is 74.3 Å². The number of thiocarbonyl (C=S) groups is 1. The van der Waals surface area contributed by atoms with Crippen LogP contribution in [-0.4, -0.2) is 37.8 Å². The van der Waals surface area contributed by atoms with Crippen LogP contribution >= 0.6 is 46.9 Å². The Kier molecular flexibility index (Phi) is 7.77. The van der Waals surface area contributed by atoms with Crippen molar-refractivity contribution in [2.45, 2.75) is 32.6 Å². The maximum atomic E-state index is 12.6. The number of carbonyl (C=O) groups is 2. The average molecular weight is 467 g/mol. The first-order chi connectivity index (χ1) is 14.0. The third-order valence-electron chi connectivity index (χ3n) is 4.06. The number of aromatic nitrogens is 2. The molecule has 2 aromatic rings. The predicted molar refractivity (Wildman–Crippen MR) is 123 cm³/mol. The van der Waals surface area contributed by atoms with Gasteiger partial charge in [0, 0.05) is 24.4 Å². The van der Waals surface area contributed by atoms with E-state index < -0.39 is 0 Å². The van der Waals surface area contributed by atoms with Crippen LogP contribution in [0.15, 0.2) is 29.2 Å². The molecule has 0 radical (unpaired) electrons. The number of carbonyl (C=O) groups excluding carboxylic acids is 2. The number of rotatable bonds is 8. The minimum Gasteiger partial charge on any atom is -0.300 e. The van der Waals surface area contributed by atoms with E-state index in [1.807, 2.05) is 12.1 Å². The van der Waals surface area contributed by atoms with E-state index in [-0.39, 0.29) is 24.8 Å². The monoisotopic (exact) mass is 466 g/mol. The van der Waals surface area contributed by atoms with Crippen molar-refractivity contribution in [3.8, 4) is 0 Å². The number of unbranched alkanes of at least 4 members (excludes halogenated alkanes) is 1. The fourth-order valence-electron chi connectivity index (χ4n) is 2.53. The number of anilines is 1. The van der Waals surface area contributed by atoms with Crippen molar-refractivity contribution < 1.29 is 9.59 Å². The Hall–Kier alpha value is -1.81. The van der Waals surface area contributed by atoms with E-state index in [4.69, 9.17) is 23.8 Å². The molecule has 0 bridgehead atoms. The van der Waals surface area contributed by atoms with Crippen LogP contribution in [-0.2, 0) is 16.0 Å². The van der Waals surface area contributed by atoms with Gasteiger partial charge < -0.3 is 5.32 Å². The molecule has 0 aliphatic carbocycles. The molecule has 0 unspecified atom stereocenters. The Morgan fingerprint density at radius 3 is 2.79 bits per heavy atom. The summed E-state index contributed by atoms with van der Waals surface area (Å²) in [6, 6.07) is 7.19. The maximum Gasteiger partial charge on any atom is 0.266 e. The van der Waals surface area contributed by atoms with Crippen LogP contribution in [0.4, 0.5) is 5.13 Å². The lowest BCUT2D eigenvalue weighted by atomic mass is 10.2. The summed E-state index contributed by atoms with van der Waals surface area (Å²) in [7, 11) is 0. The summed E-state index contributed by atoms with van der Waals surface area (Å²) >= 11 is 13.8. The van der Waals surface area contributed by atoms with Crippen molar-refractivity contribution in [1.29, 1.82) is 0 Å². The molecule has 1 aliphatic rings. The van der Waals surface area contributed by atoms with Crippen molar-refractivity contribution in [3.05, 3.63) is 44.8 Å². The molecule has 2 heterocycles. The van der Waals surface area contributed by atoms with Gasteiger partial charge in [-0.25, -0.2) is 0 Å². The fourth-order valence-corrected chi connectivity index (χ4v) is 4.76. The van der Waals surface area contributed by atoms with Crippen molar-refractivity contribution in [2.75, 3.05) is 11.9 Å². The highest BCUT2D eigenvalue weighted by atomic mass is 35.5. The van der Waals surface area contributed by atoms with Crippen LogP contribution in [0.1, 0.15) is 36.8 Å². The summed E-state index contributed by atoms with van der Waals surface area (Å²) in [5.74, 6) is -0.417. The van der Waals surface area contributed by atoms with Gasteiger partial charge in [0.25, 0.3) is 5.91 Å². The Labute approximate surface area is 187 Å². The van der Waals surface area contributed by atoms with Gasteiger partial charge in [0.05, 0.1) is 4.91 Å². The number of aryl methyl sites for hydroxylation is 1. The summed E-state index contributed by atoms with van der Waals surface area (Å²) < 4.78 is 0.445. The summed E-state index contributed by atoms with van der Waals surface area (Å²) in [6.07, 6.45) is 4.89. The van der Waals surface area contributed by atoms with Crippen LogP contribution in [0.25, 0.3) is 6.08 Å². The standard InChI is InChI=1S/C19H19ClN4O2S3/c1-2-3-4-16-22-23-18(29-16)21-15(25)9-10-24-17(26)14(28-19(24)27)11-12-5-7-13(20)8-6-12/h5-8,11H,2-4,9-10H2,1H3,(H,21,23,25). The molecular weight excluding hydrogens is 448 g/mol. The molecular formula is C19H19ClN4O2S3. The van der Waals surface area contributed by atoms with Gasteiger partial charge in [0.2, 0.25) is 11.0 Å². The van der Waals surface area contributed by atoms with E-state index >= 15 is 0 Å². The number of thioether (sulfide) groups is 1.